The molecule has 2 N–H and O–H groups in total. The van der Waals surface area contributed by atoms with Crippen LogP contribution in [0.25, 0.3) is 10.9 Å². The molecule has 0 aliphatic rings. The van der Waals surface area contributed by atoms with Crippen molar-refractivity contribution in [3.8, 4) is 11.6 Å². The van der Waals surface area contributed by atoms with Gasteiger partial charge in [-0.15, -0.1) is 11.3 Å². The molecule has 9 heteroatoms. The number of pyridine rings is 1. The second-order valence-electron chi connectivity index (χ2n) is 6.07. The van der Waals surface area contributed by atoms with Gasteiger partial charge in [0, 0.05) is 41.5 Å². The summed E-state index contributed by atoms with van der Waals surface area (Å²) in [6.07, 6.45) is 0.286. The molecule has 0 saturated carbocycles. The normalized spacial score (nSPS) is 11.9. The van der Waals surface area contributed by atoms with Gasteiger partial charge < -0.3 is 15.0 Å². The summed E-state index contributed by atoms with van der Waals surface area (Å²) >= 11 is 0.647. The van der Waals surface area contributed by atoms with E-state index in [9.17, 15) is 13.2 Å². The summed E-state index contributed by atoms with van der Waals surface area (Å²) in [5.74, 6) is 1.04. The number of hydrogen-bond donors (Lipinski definition) is 1. The van der Waals surface area contributed by atoms with Crippen molar-refractivity contribution in [1.82, 2.24) is 14.5 Å². The molecule has 0 saturated heterocycles. The Hall–Kier alpha value is -2.91. The first kappa shape index (κ1) is 18.5. The fraction of sp³-hybridized carbons (Fsp3) is 0.158. The van der Waals surface area contributed by atoms with Crippen LogP contribution >= 0.6 is 11.3 Å². The maximum Gasteiger partial charge on any atom is 0.443 e. The molecule has 0 aliphatic heterocycles. The number of nitrogens with two attached hydrogens (primary N) is 1. The average molecular weight is 404 g/mol. The van der Waals surface area contributed by atoms with Crippen molar-refractivity contribution in [2.45, 2.75) is 19.3 Å². The Morgan fingerprint density at radius 3 is 2.75 bits per heavy atom. The van der Waals surface area contributed by atoms with E-state index in [0.717, 1.165) is 16.5 Å². The van der Waals surface area contributed by atoms with Gasteiger partial charge >= 0.3 is 6.18 Å². The maximum atomic E-state index is 12.8. The number of alkyl halides is 3. The molecule has 4 aromatic rings. The molecule has 0 bridgehead atoms. The predicted molar refractivity (Wildman–Crippen MR) is 100 cm³/mol. The highest BCUT2D eigenvalue weighted by molar-refractivity contribution is 7.11. The fourth-order valence-corrected chi connectivity index (χ4v) is 3.63. The Morgan fingerprint density at radius 2 is 2.00 bits per heavy atom. The molecule has 0 amide bonds. The first-order valence-electron chi connectivity index (χ1n) is 8.36. The molecule has 0 aliphatic carbocycles. The molecule has 28 heavy (non-hydrogen) atoms. The lowest BCUT2D eigenvalue weighted by Gasteiger charge is -2.08. The molecule has 0 spiro atoms. The summed E-state index contributed by atoms with van der Waals surface area (Å²) in [4.78, 5) is 8.19. The highest BCUT2D eigenvalue weighted by Gasteiger charge is 2.34. The van der Waals surface area contributed by atoms with Crippen molar-refractivity contribution in [2.24, 2.45) is 5.73 Å². The van der Waals surface area contributed by atoms with Crippen LogP contribution < -0.4 is 10.5 Å². The van der Waals surface area contributed by atoms with Crippen molar-refractivity contribution < 1.29 is 17.9 Å². The zero-order valence-corrected chi connectivity index (χ0v) is 15.3. The van der Waals surface area contributed by atoms with Gasteiger partial charge in [-0.2, -0.15) is 13.2 Å². The number of fused-ring (bicyclic) bond motifs is 1. The van der Waals surface area contributed by atoms with Crippen molar-refractivity contribution >= 4 is 22.2 Å². The summed E-state index contributed by atoms with van der Waals surface area (Å²) in [5.41, 5.74) is 7.39. The van der Waals surface area contributed by atoms with Gasteiger partial charge in [0.15, 0.2) is 5.01 Å². The predicted octanol–water partition coefficient (Wildman–Crippen LogP) is 4.81. The minimum Gasteiger partial charge on any atom is -0.438 e. The van der Waals surface area contributed by atoms with Crippen molar-refractivity contribution in [1.29, 1.82) is 0 Å². The highest BCUT2D eigenvalue weighted by atomic mass is 32.1. The molecule has 5 nitrogen and oxygen atoms in total. The summed E-state index contributed by atoms with van der Waals surface area (Å²) in [7, 11) is 0. The van der Waals surface area contributed by atoms with E-state index >= 15 is 0 Å². The van der Waals surface area contributed by atoms with Crippen molar-refractivity contribution in [3.05, 3.63) is 70.4 Å². The second kappa shape index (κ2) is 7.25. The smallest absolute Gasteiger partial charge is 0.438 e. The van der Waals surface area contributed by atoms with Crippen LogP contribution in [0.3, 0.4) is 0 Å². The van der Waals surface area contributed by atoms with Gasteiger partial charge in [-0.1, -0.05) is 6.07 Å². The Kier molecular flexibility index (Phi) is 4.78. The van der Waals surface area contributed by atoms with Gasteiger partial charge in [0.2, 0.25) is 5.88 Å². The van der Waals surface area contributed by atoms with Gasteiger partial charge in [0.1, 0.15) is 5.75 Å². The number of halogens is 3. The number of rotatable bonds is 5. The van der Waals surface area contributed by atoms with Crippen molar-refractivity contribution in [3.63, 3.8) is 0 Å². The molecule has 3 aromatic heterocycles. The van der Waals surface area contributed by atoms with Gasteiger partial charge in [-0.3, -0.25) is 0 Å². The lowest BCUT2D eigenvalue weighted by Crippen LogP contribution is -2.02. The number of aromatic nitrogens is 3. The Morgan fingerprint density at radius 1 is 1.14 bits per heavy atom. The zero-order valence-electron chi connectivity index (χ0n) is 14.5. The molecule has 0 fully saturated rings. The lowest BCUT2D eigenvalue weighted by molar-refractivity contribution is -0.137. The Labute approximate surface area is 162 Å². The molecular formula is C19H15F3N4OS. The fourth-order valence-electron chi connectivity index (χ4n) is 2.85. The van der Waals surface area contributed by atoms with E-state index in [1.165, 1.54) is 6.20 Å². The second-order valence-corrected chi connectivity index (χ2v) is 7.19. The van der Waals surface area contributed by atoms with Crippen LogP contribution in [0.15, 0.2) is 55.0 Å². The highest BCUT2D eigenvalue weighted by Crippen LogP contribution is 2.34. The van der Waals surface area contributed by atoms with E-state index in [4.69, 9.17) is 10.5 Å². The van der Waals surface area contributed by atoms with E-state index in [1.54, 1.807) is 12.3 Å². The van der Waals surface area contributed by atoms with E-state index in [0.29, 0.717) is 40.9 Å². The van der Waals surface area contributed by atoms with E-state index in [1.807, 2.05) is 41.1 Å². The Bertz CT molecular complexity index is 1120. The Balaban J connectivity index is 1.62. The van der Waals surface area contributed by atoms with E-state index < -0.39 is 11.2 Å². The summed E-state index contributed by atoms with van der Waals surface area (Å²) < 4.78 is 46.0. The third-order valence-electron chi connectivity index (χ3n) is 4.15. The van der Waals surface area contributed by atoms with Crippen LogP contribution in [-0.2, 0) is 19.3 Å². The SMILES string of the molecule is NCc1ccnc(Oc2cccc3c2ccn3Cc2cnc(C(F)(F)F)s2)c1. The lowest BCUT2D eigenvalue weighted by atomic mass is 10.2. The monoisotopic (exact) mass is 404 g/mol. The van der Waals surface area contributed by atoms with Crippen LogP contribution in [-0.4, -0.2) is 14.5 Å². The number of ether oxygens (including phenoxy) is 1. The van der Waals surface area contributed by atoms with Crippen LogP contribution in [0.1, 0.15) is 15.4 Å². The minimum absolute atomic E-state index is 0.293. The molecule has 0 radical (unpaired) electrons. The minimum atomic E-state index is -4.42. The number of benzene rings is 1. The van der Waals surface area contributed by atoms with Gasteiger partial charge in [0.25, 0.3) is 0 Å². The van der Waals surface area contributed by atoms with Crippen LogP contribution in [0.2, 0.25) is 0 Å². The first-order valence-corrected chi connectivity index (χ1v) is 9.18. The van der Waals surface area contributed by atoms with E-state index in [-0.39, 0.29) is 0 Å². The molecule has 0 unspecified atom stereocenters. The molecule has 144 valence electrons. The van der Waals surface area contributed by atoms with Crippen LogP contribution in [0.4, 0.5) is 13.2 Å². The summed E-state index contributed by atoms with van der Waals surface area (Å²) in [6, 6.07) is 11.0. The summed E-state index contributed by atoms with van der Waals surface area (Å²) in [6.45, 7) is 0.676. The molecule has 4 rings (SSSR count). The molecular weight excluding hydrogens is 389 g/mol. The largest absolute Gasteiger partial charge is 0.443 e. The van der Waals surface area contributed by atoms with Gasteiger partial charge in [-0.25, -0.2) is 9.97 Å². The third-order valence-corrected chi connectivity index (χ3v) is 5.17. The van der Waals surface area contributed by atoms with Gasteiger partial charge in [-0.05, 0) is 29.8 Å². The zero-order chi connectivity index (χ0) is 19.7. The number of thiazole rings is 1. The molecule has 1 aromatic carbocycles. The number of hydrogen-bond acceptors (Lipinski definition) is 5. The molecule has 3 heterocycles. The standard InChI is InChI=1S/C19H15F3N4OS/c20-19(21,22)18-25-10-13(28-18)11-26-7-5-14-15(26)2-1-3-16(14)27-17-8-12(9-23)4-6-24-17/h1-8,10H,9,11,23H2. The quantitative estimate of drug-likeness (QED) is 0.518. The third kappa shape index (κ3) is 3.71. The number of nitrogens with zero attached hydrogens (tertiary/aromatic N) is 3. The topological polar surface area (TPSA) is 66.0 Å². The maximum absolute atomic E-state index is 12.8. The van der Waals surface area contributed by atoms with Crippen LogP contribution in [0.5, 0.6) is 11.6 Å². The van der Waals surface area contributed by atoms with E-state index in [2.05, 4.69) is 9.97 Å². The van der Waals surface area contributed by atoms with Gasteiger partial charge in [0.05, 0.1) is 12.1 Å². The average Bonchev–Trinajstić information content (AvgIpc) is 3.30. The van der Waals surface area contributed by atoms with Crippen LogP contribution in [0, 0.1) is 0 Å². The summed E-state index contributed by atoms with van der Waals surface area (Å²) in [5, 5.41) is -0.00291. The first-order chi connectivity index (χ1) is 13.4. The van der Waals surface area contributed by atoms with Crippen molar-refractivity contribution in [2.75, 3.05) is 0 Å². The molecule has 0 atom stereocenters.